The fourth-order valence-electron chi connectivity index (χ4n) is 5.05. The first kappa shape index (κ1) is 24.2. The fraction of sp³-hybridized carbons (Fsp3) is 0.393. The van der Waals surface area contributed by atoms with Gasteiger partial charge in [-0.25, -0.2) is 0 Å². The molecule has 5 rings (SSSR count). The van der Waals surface area contributed by atoms with E-state index in [9.17, 15) is 9.59 Å². The highest BCUT2D eigenvalue weighted by molar-refractivity contribution is 5.95. The van der Waals surface area contributed by atoms with Crippen LogP contribution in [-0.2, 0) is 29.7 Å². The predicted molar refractivity (Wildman–Crippen MR) is 137 cm³/mol. The van der Waals surface area contributed by atoms with E-state index < -0.39 is 0 Å². The summed E-state index contributed by atoms with van der Waals surface area (Å²) in [5, 5.41) is 10.6. The molecular weight excluding hydrogens is 454 g/mol. The van der Waals surface area contributed by atoms with Crippen molar-refractivity contribution < 1.29 is 14.3 Å². The molecule has 8 heteroatoms. The molecule has 0 saturated carbocycles. The highest BCUT2D eigenvalue weighted by Crippen LogP contribution is 2.24. The molecule has 0 unspecified atom stereocenters. The zero-order valence-corrected chi connectivity index (χ0v) is 20.9. The molecule has 3 heterocycles. The number of amides is 2. The molecule has 4 bridgehead atoms. The van der Waals surface area contributed by atoms with Crippen molar-refractivity contribution in [2.45, 2.75) is 45.1 Å². The minimum Gasteiger partial charge on any atom is -0.370 e. The zero-order valence-electron chi connectivity index (χ0n) is 20.9. The van der Waals surface area contributed by atoms with Gasteiger partial charge >= 0.3 is 0 Å². The van der Waals surface area contributed by atoms with Gasteiger partial charge in [0.15, 0.2) is 0 Å². The lowest BCUT2D eigenvalue weighted by Crippen LogP contribution is -2.44. The zero-order chi connectivity index (χ0) is 25.1. The summed E-state index contributed by atoms with van der Waals surface area (Å²) >= 11 is 0. The molecule has 188 valence electrons. The van der Waals surface area contributed by atoms with Gasteiger partial charge in [0.2, 0.25) is 5.91 Å². The second-order valence-corrected chi connectivity index (χ2v) is 9.77. The number of aromatic nitrogens is 2. The minimum atomic E-state index is -0.127. The first-order chi connectivity index (χ1) is 17.4. The van der Waals surface area contributed by atoms with E-state index in [0.717, 1.165) is 35.5 Å². The highest BCUT2D eigenvalue weighted by Gasteiger charge is 2.35. The van der Waals surface area contributed by atoms with Crippen molar-refractivity contribution in [1.29, 1.82) is 0 Å². The van der Waals surface area contributed by atoms with Crippen LogP contribution in [0.1, 0.15) is 40.0 Å². The quantitative estimate of drug-likeness (QED) is 0.580. The number of carbonyl (C=O) groups is 2. The van der Waals surface area contributed by atoms with Gasteiger partial charge in [0.25, 0.3) is 5.91 Å². The Kier molecular flexibility index (Phi) is 7.16. The number of nitrogens with zero attached hydrogens (tertiary/aromatic N) is 3. The standard InChI is InChI=1S/C28H33N5O3/c1-19-24(14-32(2)31-19)15-33-16-25-26(17-33)36-18-20-6-3-7-21(12-20)22-8-4-9-23(13-22)28(35)29-11-5-10-27(34)30-25/h3-4,6-9,12-14,25-26H,5,10-11,15-18H2,1-2H3,(H,29,35)(H,30,34)/t25-,26-/m0/s1. The number of fused-ring (bicyclic) bond motifs is 6. The van der Waals surface area contributed by atoms with Crippen LogP contribution >= 0.6 is 0 Å². The number of hydrogen-bond acceptors (Lipinski definition) is 5. The molecule has 2 aliphatic heterocycles. The van der Waals surface area contributed by atoms with Crippen molar-refractivity contribution >= 4 is 11.8 Å². The maximum atomic E-state index is 12.8. The summed E-state index contributed by atoms with van der Waals surface area (Å²) in [5.74, 6) is -0.145. The van der Waals surface area contributed by atoms with Crippen LogP contribution in [0.2, 0.25) is 0 Å². The number of rotatable bonds is 2. The Labute approximate surface area is 211 Å². The van der Waals surface area contributed by atoms with E-state index in [1.54, 1.807) is 0 Å². The van der Waals surface area contributed by atoms with E-state index in [1.165, 1.54) is 5.56 Å². The Morgan fingerprint density at radius 1 is 1.06 bits per heavy atom. The minimum absolute atomic E-state index is 0.0180. The van der Waals surface area contributed by atoms with E-state index in [0.29, 0.717) is 38.1 Å². The highest BCUT2D eigenvalue weighted by atomic mass is 16.5. The molecule has 2 atom stereocenters. The Bertz CT molecular complexity index is 1250. The number of likely N-dealkylation sites (tertiary alicyclic amines) is 1. The average molecular weight is 488 g/mol. The maximum Gasteiger partial charge on any atom is 0.251 e. The largest absolute Gasteiger partial charge is 0.370 e. The molecule has 1 saturated heterocycles. The Hall–Kier alpha value is -3.49. The Morgan fingerprint density at radius 3 is 2.64 bits per heavy atom. The van der Waals surface area contributed by atoms with Crippen molar-refractivity contribution in [3.8, 4) is 11.1 Å². The lowest BCUT2D eigenvalue weighted by molar-refractivity contribution is -0.122. The topological polar surface area (TPSA) is 88.5 Å². The van der Waals surface area contributed by atoms with Gasteiger partial charge in [-0.3, -0.25) is 19.2 Å². The van der Waals surface area contributed by atoms with Gasteiger partial charge in [-0.1, -0.05) is 30.3 Å². The third-order valence-corrected chi connectivity index (χ3v) is 6.91. The molecule has 0 radical (unpaired) electrons. The number of ether oxygens (including phenoxy) is 1. The number of aryl methyl sites for hydroxylation is 2. The number of nitrogens with one attached hydrogen (secondary N) is 2. The molecule has 0 spiro atoms. The summed E-state index contributed by atoms with van der Waals surface area (Å²) in [5.41, 5.74) is 5.90. The SMILES string of the molecule is Cc1nn(C)cc1CN1C[C@@H]2NC(=O)CCCNC(=O)c3cccc(c3)-c3cccc(c3)CO[C@H]2C1. The summed E-state index contributed by atoms with van der Waals surface area (Å²) in [6, 6.07) is 15.7. The van der Waals surface area contributed by atoms with Gasteiger partial charge in [-0.05, 0) is 48.2 Å². The van der Waals surface area contributed by atoms with Crippen LogP contribution in [0.5, 0.6) is 0 Å². The van der Waals surface area contributed by atoms with Crippen LogP contribution in [0.3, 0.4) is 0 Å². The molecule has 0 aliphatic carbocycles. The van der Waals surface area contributed by atoms with Crippen LogP contribution < -0.4 is 10.6 Å². The van der Waals surface area contributed by atoms with E-state index >= 15 is 0 Å². The smallest absolute Gasteiger partial charge is 0.251 e. The number of benzene rings is 2. The van der Waals surface area contributed by atoms with Crippen molar-refractivity contribution in [1.82, 2.24) is 25.3 Å². The molecule has 8 nitrogen and oxygen atoms in total. The molecule has 3 aromatic rings. The number of carbonyl (C=O) groups excluding carboxylic acids is 2. The van der Waals surface area contributed by atoms with Crippen LogP contribution in [0.15, 0.2) is 54.7 Å². The van der Waals surface area contributed by atoms with E-state index in [4.69, 9.17) is 4.74 Å². The van der Waals surface area contributed by atoms with Crippen LogP contribution in [0.25, 0.3) is 11.1 Å². The molecule has 1 aromatic heterocycles. The van der Waals surface area contributed by atoms with Gasteiger partial charge < -0.3 is 15.4 Å². The second-order valence-electron chi connectivity index (χ2n) is 9.77. The van der Waals surface area contributed by atoms with E-state index in [2.05, 4.69) is 32.9 Å². The summed E-state index contributed by atoms with van der Waals surface area (Å²) in [7, 11) is 1.93. The summed E-state index contributed by atoms with van der Waals surface area (Å²) in [6.07, 6.45) is 2.87. The van der Waals surface area contributed by atoms with Crippen molar-refractivity contribution in [2.75, 3.05) is 19.6 Å². The first-order valence-electron chi connectivity index (χ1n) is 12.5. The average Bonchev–Trinajstić information content (AvgIpc) is 3.40. The fourth-order valence-corrected chi connectivity index (χ4v) is 5.05. The van der Waals surface area contributed by atoms with Crippen LogP contribution in [0.4, 0.5) is 0 Å². The molecular formula is C28H33N5O3. The van der Waals surface area contributed by atoms with Crippen molar-refractivity contribution in [2.24, 2.45) is 7.05 Å². The lowest BCUT2D eigenvalue weighted by atomic mass is 10.0. The summed E-state index contributed by atoms with van der Waals surface area (Å²) in [4.78, 5) is 27.7. The third-order valence-electron chi connectivity index (χ3n) is 6.91. The Balaban J connectivity index is 1.37. The molecule has 2 aromatic carbocycles. The van der Waals surface area contributed by atoms with Crippen LogP contribution in [0, 0.1) is 6.92 Å². The molecule has 2 aliphatic rings. The predicted octanol–water partition coefficient (Wildman–Crippen LogP) is 2.80. The lowest BCUT2D eigenvalue weighted by Gasteiger charge is -2.20. The number of hydrogen-bond donors (Lipinski definition) is 2. The van der Waals surface area contributed by atoms with E-state index in [1.807, 2.05) is 61.1 Å². The van der Waals surface area contributed by atoms with Gasteiger partial charge in [-0.2, -0.15) is 5.10 Å². The van der Waals surface area contributed by atoms with Crippen molar-refractivity contribution in [3.05, 3.63) is 77.1 Å². The van der Waals surface area contributed by atoms with Gasteiger partial charge in [0, 0.05) is 57.0 Å². The molecule has 2 amide bonds. The van der Waals surface area contributed by atoms with Crippen LogP contribution in [-0.4, -0.2) is 58.3 Å². The summed E-state index contributed by atoms with van der Waals surface area (Å²) < 4.78 is 8.25. The van der Waals surface area contributed by atoms with Gasteiger partial charge in [0.05, 0.1) is 24.4 Å². The third kappa shape index (κ3) is 5.66. The molecule has 36 heavy (non-hydrogen) atoms. The van der Waals surface area contributed by atoms with Crippen molar-refractivity contribution in [3.63, 3.8) is 0 Å². The van der Waals surface area contributed by atoms with Gasteiger partial charge in [-0.15, -0.1) is 0 Å². The first-order valence-corrected chi connectivity index (χ1v) is 12.5. The normalized spacial score (nSPS) is 21.4. The van der Waals surface area contributed by atoms with E-state index in [-0.39, 0.29) is 24.0 Å². The monoisotopic (exact) mass is 487 g/mol. The molecule has 2 N–H and O–H groups in total. The molecule has 1 fully saturated rings. The Morgan fingerprint density at radius 2 is 1.83 bits per heavy atom. The van der Waals surface area contributed by atoms with Gasteiger partial charge in [0.1, 0.15) is 0 Å². The summed E-state index contributed by atoms with van der Waals surface area (Å²) in [6.45, 7) is 5.14. The maximum absolute atomic E-state index is 12.8. The second kappa shape index (κ2) is 10.6.